The van der Waals surface area contributed by atoms with Crippen LogP contribution in [-0.4, -0.2) is 28.1 Å². The Hall–Kier alpha value is -0.900. The highest BCUT2D eigenvalue weighted by Crippen LogP contribution is 2.68. The maximum atomic E-state index is 13.9. The highest BCUT2D eigenvalue weighted by atomic mass is 16.4. The van der Waals surface area contributed by atoms with Crippen LogP contribution in [0.1, 0.15) is 91.9 Å². The molecule has 4 unspecified atom stereocenters. The summed E-state index contributed by atoms with van der Waals surface area (Å²) in [4.78, 5) is 25.0. The predicted molar refractivity (Wildman–Crippen MR) is 117 cm³/mol. The third kappa shape index (κ3) is 3.27. The van der Waals surface area contributed by atoms with Crippen molar-refractivity contribution in [3.05, 3.63) is 0 Å². The molecule has 0 spiro atoms. The van der Waals surface area contributed by atoms with E-state index in [4.69, 9.17) is 5.11 Å². The summed E-state index contributed by atoms with van der Waals surface area (Å²) >= 11 is 0. The smallest absolute Gasteiger partial charge is 0.303 e. The summed E-state index contributed by atoms with van der Waals surface area (Å²) in [6, 6.07) is 0. The summed E-state index contributed by atoms with van der Waals surface area (Å²) < 4.78 is 0. The summed E-state index contributed by atoms with van der Waals surface area (Å²) in [7, 11) is 0. The van der Waals surface area contributed by atoms with Gasteiger partial charge in [0, 0.05) is 18.3 Å². The van der Waals surface area contributed by atoms with Gasteiger partial charge in [0.1, 0.15) is 5.78 Å². The van der Waals surface area contributed by atoms with Gasteiger partial charge in [-0.05, 0) is 98.2 Å². The molecule has 0 aliphatic heterocycles. The zero-order chi connectivity index (χ0) is 21.8. The van der Waals surface area contributed by atoms with Crippen LogP contribution in [-0.2, 0) is 9.59 Å². The molecule has 0 bridgehead atoms. The molecular formula is C26H42O4. The van der Waals surface area contributed by atoms with E-state index in [1.165, 1.54) is 6.42 Å². The average Bonchev–Trinajstić information content (AvgIpc) is 3.05. The van der Waals surface area contributed by atoms with Crippen LogP contribution in [0.4, 0.5) is 0 Å². The predicted octanol–water partition coefficient (Wildman–Crippen LogP) is 5.32. The second-order valence-electron chi connectivity index (χ2n) is 11.8. The number of aliphatic hydroxyl groups is 1. The first-order valence-corrected chi connectivity index (χ1v) is 12.6. The molecule has 0 saturated heterocycles. The summed E-state index contributed by atoms with van der Waals surface area (Å²) in [5.41, 5.74) is 0.358. The number of hydrogen-bond acceptors (Lipinski definition) is 3. The summed E-state index contributed by atoms with van der Waals surface area (Å²) in [6.45, 7) is 9.28. The molecule has 4 rings (SSSR count). The molecule has 4 aliphatic carbocycles. The van der Waals surface area contributed by atoms with Gasteiger partial charge >= 0.3 is 5.97 Å². The van der Waals surface area contributed by atoms with Crippen molar-refractivity contribution in [1.29, 1.82) is 0 Å². The van der Waals surface area contributed by atoms with Gasteiger partial charge in [-0.3, -0.25) is 9.59 Å². The van der Waals surface area contributed by atoms with Crippen LogP contribution in [0.15, 0.2) is 0 Å². The van der Waals surface area contributed by atoms with Crippen LogP contribution >= 0.6 is 0 Å². The number of ketones is 1. The Morgan fingerprint density at radius 1 is 1.07 bits per heavy atom. The lowest BCUT2D eigenvalue weighted by Gasteiger charge is -2.62. The van der Waals surface area contributed by atoms with Crippen molar-refractivity contribution in [3.8, 4) is 0 Å². The third-order valence-corrected chi connectivity index (χ3v) is 10.7. The molecule has 30 heavy (non-hydrogen) atoms. The molecule has 0 radical (unpaired) electrons. The standard InChI is InChI=1S/C26H42O4/c1-5-17-21-14-16(27)10-12-26(21,4)20-11-13-25(3)18(15(2)6-9-22(28)29)7-8-19(25)23(20)24(17)30/h15-21,23,27H,5-14H2,1-4H3,(H,28,29)/t15-,16-,17-,18?,19?,20?,21+,23?,25-,26-/m1/s1. The second-order valence-corrected chi connectivity index (χ2v) is 11.8. The molecule has 0 amide bonds. The van der Waals surface area contributed by atoms with Gasteiger partial charge in [-0.2, -0.15) is 0 Å². The number of carboxylic acid groups (broad SMARTS) is 1. The number of carbonyl (C=O) groups excluding carboxylic acids is 1. The quantitative estimate of drug-likeness (QED) is 0.633. The molecule has 0 aromatic heterocycles. The van der Waals surface area contributed by atoms with Gasteiger partial charge in [-0.25, -0.2) is 0 Å². The summed E-state index contributed by atoms with van der Waals surface area (Å²) in [6.07, 6.45) is 9.01. The maximum absolute atomic E-state index is 13.9. The molecule has 4 saturated carbocycles. The van der Waals surface area contributed by atoms with Crippen molar-refractivity contribution in [2.45, 2.75) is 98.0 Å². The van der Waals surface area contributed by atoms with Gasteiger partial charge in [0.15, 0.2) is 0 Å². The Labute approximate surface area is 182 Å². The van der Waals surface area contributed by atoms with E-state index >= 15 is 0 Å². The Morgan fingerprint density at radius 2 is 1.73 bits per heavy atom. The molecule has 0 aromatic rings. The van der Waals surface area contributed by atoms with Gasteiger partial charge in [-0.1, -0.05) is 27.7 Å². The molecule has 4 aliphatic rings. The zero-order valence-electron chi connectivity index (χ0n) is 19.4. The Bertz CT molecular complexity index is 689. The van der Waals surface area contributed by atoms with Crippen molar-refractivity contribution in [2.75, 3.05) is 0 Å². The van der Waals surface area contributed by atoms with Gasteiger partial charge in [0.25, 0.3) is 0 Å². The fourth-order valence-corrected chi connectivity index (χ4v) is 9.16. The Kier molecular flexibility index (Phi) is 5.87. The number of hydrogen-bond donors (Lipinski definition) is 2. The highest BCUT2D eigenvalue weighted by molar-refractivity contribution is 5.86. The minimum absolute atomic E-state index is 0.108. The normalized spacial score (nSPS) is 49.1. The van der Waals surface area contributed by atoms with Crippen LogP contribution in [0.25, 0.3) is 0 Å². The Morgan fingerprint density at radius 3 is 2.40 bits per heavy atom. The van der Waals surface area contributed by atoms with Gasteiger partial charge in [0.05, 0.1) is 6.10 Å². The number of fused-ring (bicyclic) bond motifs is 5. The van der Waals surface area contributed by atoms with E-state index in [0.717, 1.165) is 51.4 Å². The first-order chi connectivity index (χ1) is 14.1. The maximum Gasteiger partial charge on any atom is 0.303 e. The zero-order valence-corrected chi connectivity index (χ0v) is 19.4. The van der Waals surface area contributed by atoms with Crippen LogP contribution in [0, 0.1) is 52.3 Å². The van der Waals surface area contributed by atoms with E-state index in [1.54, 1.807) is 0 Å². The number of aliphatic carboxylic acids is 1. The van der Waals surface area contributed by atoms with Gasteiger partial charge < -0.3 is 10.2 Å². The number of carboxylic acids is 1. The van der Waals surface area contributed by atoms with Crippen molar-refractivity contribution in [2.24, 2.45) is 52.3 Å². The molecule has 4 fully saturated rings. The van der Waals surface area contributed by atoms with Crippen LogP contribution in [0.2, 0.25) is 0 Å². The third-order valence-electron chi connectivity index (χ3n) is 10.7. The van der Waals surface area contributed by atoms with Gasteiger partial charge in [-0.15, -0.1) is 0 Å². The molecular weight excluding hydrogens is 376 g/mol. The first-order valence-electron chi connectivity index (χ1n) is 12.6. The fourth-order valence-electron chi connectivity index (χ4n) is 9.16. The monoisotopic (exact) mass is 418 g/mol. The minimum Gasteiger partial charge on any atom is -0.481 e. The van der Waals surface area contributed by atoms with E-state index < -0.39 is 5.97 Å². The van der Waals surface area contributed by atoms with E-state index in [1.807, 2.05) is 0 Å². The number of carbonyl (C=O) groups is 2. The van der Waals surface area contributed by atoms with Gasteiger partial charge in [0.2, 0.25) is 0 Å². The second kappa shape index (κ2) is 7.90. The molecule has 4 heteroatoms. The number of aliphatic hydroxyl groups excluding tert-OH is 1. The molecule has 0 heterocycles. The highest BCUT2D eigenvalue weighted by Gasteiger charge is 2.65. The lowest BCUT2D eigenvalue weighted by atomic mass is 9.42. The molecule has 10 atom stereocenters. The Balaban J connectivity index is 1.62. The average molecular weight is 419 g/mol. The summed E-state index contributed by atoms with van der Waals surface area (Å²) in [5, 5.41) is 19.5. The summed E-state index contributed by atoms with van der Waals surface area (Å²) in [5.74, 6) is 2.31. The number of rotatable bonds is 5. The van der Waals surface area contributed by atoms with E-state index in [9.17, 15) is 14.7 Å². The molecule has 4 nitrogen and oxygen atoms in total. The van der Waals surface area contributed by atoms with E-state index in [0.29, 0.717) is 35.4 Å². The lowest BCUT2D eigenvalue weighted by molar-refractivity contribution is -0.173. The molecule has 170 valence electrons. The van der Waals surface area contributed by atoms with E-state index in [2.05, 4.69) is 27.7 Å². The topological polar surface area (TPSA) is 74.6 Å². The van der Waals surface area contributed by atoms with Crippen LogP contribution in [0.3, 0.4) is 0 Å². The van der Waals surface area contributed by atoms with E-state index in [-0.39, 0.29) is 35.2 Å². The SMILES string of the molecule is CC[C@H]1C(=O)C2C3CCC([C@H](C)CCC(=O)O)[C@@]3(C)CCC2[C@@]2(C)CC[C@@H](O)C[C@@H]12. The molecule has 2 N–H and O–H groups in total. The van der Waals surface area contributed by atoms with Crippen molar-refractivity contribution < 1.29 is 19.8 Å². The largest absolute Gasteiger partial charge is 0.481 e. The van der Waals surface area contributed by atoms with Crippen LogP contribution in [0.5, 0.6) is 0 Å². The fraction of sp³-hybridized carbons (Fsp3) is 0.923. The lowest BCUT2D eigenvalue weighted by Crippen LogP contribution is -2.60. The first kappa shape index (κ1) is 22.3. The minimum atomic E-state index is -0.697. The van der Waals surface area contributed by atoms with Crippen molar-refractivity contribution in [1.82, 2.24) is 0 Å². The molecule has 0 aromatic carbocycles. The van der Waals surface area contributed by atoms with Crippen molar-refractivity contribution >= 4 is 11.8 Å². The van der Waals surface area contributed by atoms with Crippen LogP contribution < -0.4 is 0 Å². The number of Topliss-reactive ketones (excluding diaryl/α,β-unsaturated/α-hetero) is 1. The van der Waals surface area contributed by atoms with Crippen molar-refractivity contribution in [3.63, 3.8) is 0 Å².